The Hall–Kier alpha value is -0.890. The first-order chi connectivity index (χ1) is 8.28. The van der Waals surface area contributed by atoms with E-state index in [1.54, 1.807) is 0 Å². The minimum absolute atomic E-state index is 0.0383. The van der Waals surface area contributed by atoms with E-state index in [2.05, 4.69) is 0 Å². The van der Waals surface area contributed by atoms with Gasteiger partial charge in [0.2, 0.25) is 5.91 Å². The molecule has 8 heteroatoms. The van der Waals surface area contributed by atoms with E-state index in [1.807, 2.05) is 10.2 Å². The number of amides is 1. The van der Waals surface area contributed by atoms with E-state index in [1.165, 1.54) is 0 Å². The van der Waals surface area contributed by atoms with Gasteiger partial charge >= 0.3 is 6.18 Å². The fourth-order valence-corrected chi connectivity index (χ4v) is 1.61. The summed E-state index contributed by atoms with van der Waals surface area (Å²) in [4.78, 5) is 13.5. The Bertz CT molecular complexity index is 318. The number of rotatable bonds is 7. The molecule has 0 aromatic carbocycles. The number of carbonyl (C=O) groups excluding carboxylic acids is 1. The third-order valence-corrected chi connectivity index (χ3v) is 2.75. The SMILES string of the molecule is NC(=S)CCN(CC(=O)NCC(F)(F)F)C1CC1. The molecule has 1 aliphatic carbocycles. The Balaban J connectivity index is 2.31. The second kappa shape index (κ2) is 6.33. The standard InChI is InChI=1S/C10H16F3N3OS/c11-10(12,13)6-15-9(17)5-16(7-1-2-7)4-3-8(14)18/h7H,1-6H2,(H2,14,18)(H,15,17). The molecule has 0 saturated heterocycles. The highest BCUT2D eigenvalue weighted by atomic mass is 32.1. The van der Waals surface area contributed by atoms with Crippen molar-refractivity contribution in [1.82, 2.24) is 10.2 Å². The summed E-state index contributed by atoms with van der Waals surface area (Å²) < 4.78 is 35.7. The summed E-state index contributed by atoms with van der Waals surface area (Å²) in [6.45, 7) is -0.817. The average Bonchev–Trinajstić information content (AvgIpc) is 3.03. The Morgan fingerprint density at radius 2 is 2.06 bits per heavy atom. The number of nitrogens with two attached hydrogens (primary N) is 1. The quantitative estimate of drug-likeness (QED) is 0.679. The molecule has 0 aliphatic heterocycles. The zero-order chi connectivity index (χ0) is 13.8. The van der Waals surface area contributed by atoms with Crippen LogP contribution in [-0.2, 0) is 4.79 Å². The van der Waals surface area contributed by atoms with Crippen LogP contribution in [0.3, 0.4) is 0 Å². The molecule has 3 N–H and O–H groups in total. The van der Waals surface area contributed by atoms with Crippen LogP contribution < -0.4 is 11.1 Å². The van der Waals surface area contributed by atoms with Crippen molar-refractivity contribution in [2.24, 2.45) is 5.73 Å². The van der Waals surface area contributed by atoms with Gasteiger partial charge in [0, 0.05) is 19.0 Å². The van der Waals surface area contributed by atoms with Gasteiger partial charge in [0.15, 0.2) is 0 Å². The number of thiocarbonyl (C=S) groups is 1. The third-order valence-electron chi connectivity index (χ3n) is 2.54. The van der Waals surface area contributed by atoms with Gasteiger partial charge in [-0.1, -0.05) is 12.2 Å². The molecule has 104 valence electrons. The van der Waals surface area contributed by atoms with Crippen LogP contribution in [0.4, 0.5) is 13.2 Å². The van der Waals surface area contributed by atoms with E-state index >= 15 is 0 Å². The molecule has 0 bridgehead atoms. The van der Waals surface area contributed by atoms with E-state index in [0.717, 1.165) is 12.8 Å². The fourth-order valence-electron chi connectivity index (χ4n) is 1.52. The summed E-state index contributed by atoms with van der Waals surface area (Å²) in [7, 11) is 0. The van der Waals surface area contributed by atoms with E-state index in [4.69, 9.17) is 18.0 Å². The minimum Gasteiger partial charge on any atom is -0.393 e. The molecule has 0 atom stereocenters. The summed E-state index contributed by atoms with van der Waals surface area (Å²) in [5.41, 5.74) is 5.36. The molecule has 0 spiro atoms. The second-order valence-corrected chi connectivity index (χ2v) is 4.83. The monoisotopic (exact) mass is 283 g/mol. The van der Waals surface area contributed by atoms with Gasteiger partial charge in [-0.2, -0.15) is 13.2 Å². The summed E-state index contributed by atoms with van der Waals surface area (Å²) in [6.07, 6.45) is -1.98. The first-order valence-electron chi connectivity index (χ1n) is 5.64. The molecule has 1 saturated carbocycles. The molecule has 18 heavy (non-hydrogen) atoms. The van der Waals surface area contributed by atoms with Gasteiger partial charge < -0.3 is 11.1 Å². The molecule has 0 aromatic rings. The van der Waals surface area contributed by atoms with Gasteiger partial charge in [0.1, 0.15) is 6.54 Å². The fraction of sp³-hybridized carbons (Fsp3) is 0.800. The molecule has 4 nitrogen and oxygen atoms in total. The highest BCUT2D eigenvalue weighted by molar-refractivity contribution is 7.80. The molecule has 1 rings (SSSR count). The van der Waals surface area contributed by atoms with Gasteiger partial charge in [-0.3, -0.25) is 9.69 Å². The van der Waals surface area contributed by atoms with E-state index in [-0.39, 0.29) is 12.6 Å². The summed E-state index contributed by atoms with van der Waals surface area (Å²) in [6, 6.07) is 0.274. The maximum atomic E-state index is 11.9. The van der Waals surface area contributed by atoms with E-state index < -0.39 is 18.6 Å². The molecule has 1 amide bonds. The summed E-state index contributed by atoms with van der Waals surface area (Å²) in [5.74, 6) is -0.623. The van der Waals surface area contributed by atoms with Gasteiger partial charge in [0.25, 0.3) is 0 Å². The van der Waals surface area contributed by atoms with Crippen molar-refractivity contribution < 1.29 is 18.0 Å². The highest BCUT2D eigenvalue weighted by Crippen LogP contribution is 2.26. The number of nitrogens with one attached hydrogen (secondary N) is 1. The number of nitrogens with zero attached hydrogens (tertiary/aromatic N) is 1. The molecule has 1 fully saturated rings. The normalized spacial score (nSPS) is 15.8. The van der Waals surface area contributed by atoms with Crippen molar-refractivity contribution in [2.45, 2.75) is 31.5 Å². The van der Waals surface area contributed by atoms with Crippen molar-refractivity contribution in [2.75, 3.05) is 19.6 Å². The Kier molecular flexibility index (Phi) is 5.33. The van der Waals surface area contributed by atoms with Crippen LogP contribution in [0.5, 0.6) is 0 Å². The smallest absolute Gasteiger partial charge is 0.393 e. The lowest BCUT2D eigenvalue weighted by molar-refractivity contribution is -0.139. The first-order valence-corrected chi connectivity index (χ1v) is 6.04. The molecular formula is C10H16F3N3OS. The zero-order valence-corrected chi connectivity index (χ0v) is 10.6. The van der Waals surface area contributed by atoms with Crippen LogP contribution in [0.25, 0.3) is 0 Å². The van der Waals surface area contributed by atoms with E-state index in [9.17, 15) is 18.0 Å². The molecule has 0 aromatic heterocycles. The first kappa shape index (κ1) is 15.2. The van der Waals surface area contributed by atoms with Gasteiger partial charge in [-0.05, 0) is 12.8 Å². The summed E-state index contributed by atoms with van der Waals surface area (Å²) in [5, 5.41) is 1.85. The van der Waals surface area contributed by atoms with E-state index in [0.29, 0.717) is 18.0 Å². The Labute approximate surface area is 109 Å². The highest BCUT2D eigenvalue weighted by Gasteiger charge is 2.31. The molecule has 0 heterocycles. The van der Waals surface area contributed by atoms with Crippen LogP contribution in [0, 0.1) is 0 Å². The number of alkyl halides is 3. The largest absolute Gasteiger partial charge is 0.405 e. The van der Waals surface area contributed by atoms with Crippen molar-refractivity contribution in [3.8, 4) is 0 Å². The van der Waals surface area contributed by atoms with Crippen molar-refractivity contribution in [3.05, 3.63) is 0 Å². The number of carbonyl (C=O) groups is 1. The number of hydrogen-bond acceptors (Lipinski definition) is 3. The maximum absolute atomic E-state index is 11.9. The Morgan fingerprint density at radius 1 is 1.44 bits per heavy atom. The van der Waals surface area contributed by atoms with Crippen LogP contribution in [-0.4, -0.2) is 47.6 Å². The van der Waals surface area contributed by atoms with Gasteiger partial charge in [-0.25, -0.2) is 0 Å². The van der Waals surface area contributed by atoms with Crippen LogP contribution >= 0.6 is 12.2 Å². The van der Waals surface area contributed by atoms with Crippen molar-refractivity contribution in [3.63, 3.8) is 0 Å². The van der Waals surface area contributed by atoms with Crippen molar-refractivity contribution in [1.29, 1.82) is 0 Å². The zero-order valence-electron chi connectivity index (χ0n) is 9.79. The number of halogens is 3. The lowest BCUT2D eigenvalue weighted by atomic mass is 10.3. The van der Waals surface area contributed by atoms with Crippen LogP contribution in [0.1, 0.15) is 19.3 Å². The second-order valence-electron chi connectivity index (χ2n) is 4.31. The average molecular weight is 283 g/mol. The van der Waals surface area contributed by atoms with Gasteiger partial charge in [0.05, 0.1) is 11.5 Å². The topological polar surface area (TPSA) is 58.4 Å². The van der Waals surface area contributed by atoms with Crippen LogP contribution in [0.15, 0.2) is 0 Å². The lowest BCUT2D eigenvalue weighted by Crippen LogP contribution is -2.42. The molecule has 0 unspecified atom stereocenters. The summed E-state index contributed by atoms with van der Waals surface area (Å²) >= 11 is 4.74. The minimum atomic E-state index is -4.38. The lowest BCUT2D eigenvalue weighted by Gasteiger charge is -2.21. The number of hydrogen-bond donors (Lipinski definition) is 2. The molecule has 0 radical (unpaired) electrons. The van der Waals surface area contributed by atoms with Crippen molar-refractivity contribution >= 4 is 23.1 Å². The van der Waals surface area contributed by atoms with Crippen LogP contribution in [0.2, 0.25) is 0 Å². The maximum Gasteiger partial charge on any atom is 0.405 e. The molecule has 1 aliphatic rings. The predicted octanol–water partition coefficient (Wildman–Crippen LogP) is 0.805. The third kappa shape index (κ3) is 6.75. The Morgan fingerprint density at radius 3 is 2.50 bits per heavy atom. The predicted molar refractivity (Wildman–Crippen MR) is 65.1 cm³/mol. The molecular weight excluding hydrogens is 267 g/mol. The van der Waals surface area contributed by atoms with Gasteiger partial charge in [-0.15, -0.1) is 0 Å².